The minimum Gasteiger partial charge on any atom is -0.480 e. The summed E-state index contributed by atoms with van der Waals surface area (Å²) in [4.78, 5) is 20.5. The van der Waals surface area contributed by atoms with Crippen LogP contribution in [-0.2, 0) is 10.0 Å². The summed E-state index contributed by atoms with van der Waals surface area (Å²) in [5.74, 6) is -0.641. The quantitative estimate of drug-likeness (QED) is 0.473. The van der Waals surface area contributed by atoms with E-state index >= 15 is 0 Å². The SMILES string of the molecule is COc1ncc(-c2ccc3nc(C)cc(=O)n3c2)cc1NS(=O)(=O)c1ccc(F)cc1Cl. The minimum absolute atomic E-state index is 0.0193. The van der Waals surface area contributed by atoms with Crippen LogP contribution in [0.1, 0.15) is 5.69 Å². The molecule has 0 unspecified atom stereocenters. The van der Waals surface area contributed by atoms with Gasteiger partial charge in [-0.1, -0.05) is 11.6 Å². The van der Waals surface area contributed by atoms with Crippen molar-refractivity contribution in [3.63, 3.8) is 0 Å². The molecule has 11 heteroatoms. The molecule has 0 radical (unpaired) electrons. The van der Waals surface area contributed by atoms with E-state index in [4.69, 9.17) is 16.3 Å². The maximum atomic E-state index is 13.3. The molecule has 0 aliphatic rings. The Labute approximate surface area is 187 Å². The fourth-order valence-corrected chi connectivity index (χ4v) is 4.71. The number of aryl methyl sites for hydroxylation is 1. The normalized spacial score (nSPS) is 11.5. The molecular formula is C21H16ClFN4O4S. The van der Waals surface area contributed by atoms with E-state index in [9.17, 15) is 17.6 Å². The van der Waals surface area contributed by atoms with Crippen LogP contribution in [0, 0.1) is 12.7 Å². The van der Waals surface area contributed by atoms with Crippen molar-refractivity contribution >= 4 is 33.0 Å². The van der Waals surface area contributed by atoms with Crippen molar-refractivity contribution in [3.8, 4) is 17.0 Å². The highest BCUT2D eigenvalue weighted by Crippen LogP contribution is 2.31. The second kappa shape index (κ2) is 8.21. The summed E-state index contributed by atoms with van der Waals surface area (Å²) >= 11 is 5.92. The number of benzene rings is 1. The van der Waals surface area contributed by atoms with E-state index in [0.29, 0.717) is 22.5 Å². The number of nitrogens with one attached hydrogen (secondary N) is 1. The maximum Gasteiger partial charge on any atom is 0.263 e. The van der Waals surface area contributed by atoms with E-state index in [2.05, 4.69) is 14.7 Å². The van der Waals surface area contributed by atoms with Crippen LogP contribution in [0.4, 0.5) is 10.1 Å². The Hall–Kier alpha value is -3.50. The van der Waals surface area contributed by atoms with Crippen molar-refractivity contribution in [3.05, 3.63) is 81.7 Å². The highest BCUT2D eigenvalue weighted by molar-refractivity contribution is 7.92. The van der Waals surface area contributed by atoms with Gasteiger partial charge in [-0.15, -0.1) is 0 Å². The van der Waals surface area contributed by atoms with Gasteiger partial charge in [-0.3, -0.25) is 13.9 Å². The molecule has 0 aliphatic carbocycles. The molecule has 0 bridgehead atoms. The highest BCUT2D eigenvalue weighted by Gasteiger charge is 2.21. The number of hydrogen-bond donors (Lipinski definition) is 1. The number of aromatic nitrogens is 3. The molecule has 0 fully saturated rings. The van der Waals surface area contributed by atoms with Gasteiger partial charge in [0.1, 0.15) is 22.0 Å². The predicted octanol–water partition coefficient (Wildman–Crippen LogP) is 3.67. The number of pyridine rings is 2. The number of rotatable bonds is 5. The van der Waals surface area contributed by atoms with Gasteiger partial charge in [0.05, 0.1) is 12.1 Å². The van der Waals surface area contributed by atoms with Gasteiger partial charge in [0.15, 0.2) is 0 Å². The second-order valence-electron chi connectivity index (χ2n) is 6.84. The summed E-state index contributed by atoms with van der Waals surface area (Å²) < 4.78 is 48.0. The average Bonchev–Trinajstić information content (AvgIpc) is 2.73. The van der Waals surface area contributed by atoms with E-state index in [1.165, 1.54) is 29.8 Å². The molecule has 0 saturated heterocycles. The summed E-state index contributed by atoms with van der Waals surface area (Å²) in [7, 11) is -2.83. The standard InChI is InChI=1S/C21H16ClFN4O4S/c1-12-7-20(28)27-11-13(3-6-19(27)25-12)14-8-17(21(31-2)24-10-14)26-32(29,30)18-5-4-15(23)9-16(18)22/h3-11,26H,1-2H3. The number of sulfonamides is 1. The molecule has 3 heterocycles. The smallest absolute Gasteiger partial charge is 0.263 e. The molecule has 1 N–H and O–H groups in total. The van der Waals surface area contributed by atoms with Gasteiger partial charge in [0, 0.05) is 35.3 Å². The Bertz CT molecular complexity index is 1520. The molecule has 1 aromatic carbocycles. The average molecular weight is 475 g/mol. The fourth-order valence-electron chi connectivity index (χ4n) is 3.13. The molecule has 164 valence electrons. The zero-order valence-electron chi connectivity index (χ0n) is 16.8. The lowest BCUT2D eigenvalue weighted by atomic mass is 10.1. The Balaban J connectivity index is 1.78. The summed E-state index contributed by atoms with van der Waals surface area (Å²) in [6.45, 7) is 1.73. The summed E-state index contributed by atoms with van der Waals surface area (Å²) in [6.07, 6.45) is 3.07. The Morgan fingerprint density at radius 1 is 1.12 bits per heavy atom. The van der Waals surface area contributed by atoms with Crippen LogP contribution in [0.25, 0.3) is 16.8 Å². The lowest BCUT2D eigenvalue weighted by Crippen LogP contribution is -2.15. The van der Waals surface area contributed by atoms with E-state index < -0.39 is 15.8 Å². The number of halogens is 2. The summed E-state index contributed by atoms with van der Waals surface area (Å²) in [5, 5.41) is -0.266. The fraction of sp³-hybridized carbons (Fsp3) is 0.0952. The first-order valence-electron chi connectivity index (χ1n) is 9.20. The van der Waals surface area contributed by atoms with Crippen molar-refractivity contribution in [2.24, 2.45) is 0 Å². The Morgan fingerprint density at radius 3 is 2.62 bits per heavy atom. The Kier molecular flexibility index (Phi) is 5.57. The third-order valence-electron chi connectivity index (χ3n) is 4.59. The van der Waals surface area contributed by atoms with Gasteiger partial charge in [0.25, 0.3) is 15.6 Å². The number of nitrogens with zero attached hydrogens (tertiary/aromatic N) is 3. The van der Waals surface area contributed by atoms with E-state index in [1.807, 2.05) is 0 Å². The number of ether oxygens (including phenoxy) is 1. The van der Waals surface area contributed by atoms with Gasteiger partial charge in [-0.2, -0.15) is 0 Å². The van der Waals surface area contributed by atoms with Crippen LogP contribution < -0.4 is 15.0 Å². The number of anilines is 1. The summed E-state index contributed by atoms with van der Waals surface area (Å²) in [6, 6.07) is 9.30. The molecule has 0 amide bonds. The third kappa shape index (κ3) is 4.14. The van der Waals surface area contributed by atoms with Crippen LogP contribution in [0.15, 0.2) is 64.5 Å². The molecule has 0 atom stereocenters. The van der Waals surface area contributed by atoms with E-state index in [0.717, 1.165) is 18.2 Å². The number of fused-ring (bicyclic) bond motifs is 1. The first-order valence-corrected chi connectivity index (χ1v) is 11.1. The van der Waals surface area contributed by atoms with Crippen molar-refractivity contribution < 1.29 is 17.5 Å². The van der Waals surface area contributed by atoms with Crippen molar-refractivity contribution in [2.45, 2.75) is 11.8 Å². The third-order valence-corrected chi connectivity index (χ3v) is 6.44. The largest absolute Gasteiger partial charge is 0.480 e. The van der Waals surface area contributed by atoms with Gasteiger partial charge in [-0.25, -0.2) is 22.8 Å². The van der Waals surface area contributed by atoms with Crippen LogP contribution in [0.2, 0.25) is 5.02 Å². The molecule has 32 heavy (non-hydrogen) atoms. The van der Waals surface area contributed by atoms with Gasteiger partial charge < -0.3 is 4.74 Å². The topological polar surface area (TPSA) is 103 Å². The number of methoxy groups -OCH3 is 1. The molecular weight excluding hydrogens is 459 g/mol. The molecule has 0 spiro atoms. The molecule has 0 saturated carbocycles. The first kappa shape index (κ1) is 21.7. The van der Waals surface area contributed by atoms with Gasteiger partial charge >= 0.3 is 0 Å². The van der Waals surface area contributed by atoms with Crippen molar-refractivity contribution in [1.29, 1.82) is 0 Å². The van der Waals surface area contributed by atoms with Crippen molar-refractivity contribution in [2.75, 3.05) is 11.8 Å². The second-order valence-corrected chi connectivity index (χ2v) is 8.90. The van der Waals surface area contributed by atoms with Crippen LogP contribution in [0.5, 0.6) is 5.88 Å². The van der Waals surface area contributed by atoms with Gasteiger partial charge in [-0.05, 0) is 43.3 Å². The van der Waals surface area contributed by atoms with Gasteiger partial charge in [0.2, 0.25) is 5.88 Å². The molecule has 8 nitrogen and oxygen atoms in total. The molecule has 0 aliphatic heterocycles. The van der Waals surface area contributed by atoms with E-state index in [1.54, 1.807) is 25.3 Å². The van der Waals surface area contributed by atoms with Crippen LogP contribution in [-0.4, -0.2) is 29.9 Å². The van der Waals surface area contributed by atoms with E-state index in [-0.39, 0.29) is 27.0 Å². The lowest BCUT2D eigenvalue weighted by molar-refractivity contribution is 0.400. The maximum absolute atomic E-state index is 13.3. The zero-order valence-corrected chi connectivity index (χ0v) is 18.4. The molecule has 4 rings (SSSR count). The molecule has 4 aromatic rings. The minimum atomic E-state index is -4.17. The van der Waals surface area contributed by atoms with Crippen LogP contribution >= 0.6 is 11.6 Å². The molecule has 3 aromatic heterocycles. The predicted molar refractivity (Wildman–Crippen MR) is 118 cm³/mol. The first-order chi connectivity index (χ1) is 15.2. The summed E-state index contributed by atoms with van der Waals surface area (Å²) in [5.41, 5.74) is 1.99. The Morgan fingerprint density at radius 2 is 1.91 bits per heavy atom. The lowest BCUT2D eigenvalue weighted by Gasteiger charge is -2.14. The number of hydrogen-bond acceptors (Lipinski definition) is 6. The zero-order chi connectivity index (χ0) is 23.0. The highest BCUT2D eigenvalue weighted by atomic mass is 35.5. The van der Waals surface area contributed by atoms with Crippen LogP contribution in [0.3, 0.4) is 0 Å². The van der Waals surface area contributed by atoms with Crippen molar-refractivity contribution in [1.82, 2.24) is 14.4 Å². The monoisotopic (exact) mass is 474 g/mol.